The van der Waals surface area contributed by atoms with E-state index in [1.807, 2.05) is 0 Å². The van der Waals surface area contributed by atoms with Crippen molar-refractivity contribution in [2.75, 3.05) is 6.61 Å². The lowest BCUT2D eigenvalue weighted by Gasteiger charge is -2.29. The highest BCUT2D eigenvalue weighted by molar-refractivity contribution is 5.98. The van der Waals surface area contributed by atoms with Crippen molar-refractivity contribution in [1.29, 1.82) is 0 Å². The molecular weight excluding hydrogens is 756 g/mol. The molecule has 0 spiro atoms. The normalized spacial score (nSPS) is 15.3. The fourth-order valence-corrected chi connectivity index (χ4v) is 5.25. The van der Waals surface area contributed by atoms with E-state index in [2.05, 4.69) is 31.9 Å². The van der Waals surface area contributed by atoms with E-state index in [-0.39, 0.29) is 50.4 Å². The van der Waals surface area contributed by atoms with Gasteiger partial charge in [0.1, 0.15) is 36.3 Å². The predicted octanol–water partition coefficient (Wildman–Crippen LogP) is -2.96. The summed E-state index contributed by atoms with van der Waals surface area (Å²) in [5, 5.41) is 51.9. The number of hydrogen-bond acceptors (Lipinski definition) is 12. The Morgan fingerprint density at radius 2 is 0.982 bits per heavy atom. The van der Waals surface area contributed by atoms with Crippen LogP contribution in [0.3, 0.4) is 0 Å². The summed E-state index contributed by atoms with van der Waals surface area (Å²) in [6.07, 6.45) is -2.11. The third-order valence-electron chi connectivity index (χ3n) is 8.60. The molecule has 0 fully saturated rings. The number of aliphatic carboxylic acids is 3. The maximum Gasteiger partial charge on any atom is 0.326 e. The first kappa shape index (κ1) is 51.6. The summed E-state index contributed by atoms with van der Waals surface area (Å²) in [4.78, 5) is 125. The maximum atomic E-state index is 13.7. The third-order valence-corrected chi connectivity index (χ3v) is 8.60. The Morgan fingerprint density at radius 1 is 0.544 bits per heavy atom. The Labute approximate surface area is 330 Å². The molecule has 0 bridgehead atoms. The second-order valence-electron chi connectivity index (χ2n) is 14.6. The molecule has 0 saturated carbocycles. The molecule has 0 aromatic heterocycles. The van der Waals surface area contributed by atoms with Gasteiger partial charge in [-0.1, -0.05) is 48.0 Å². The molecule has 0 radical (unpaired) electrons. The second-order valence-corrected chi connectivity index (χ2v) is 14.6. The lowest BCUT2D eigenvalue weighted by atomic mass is 9.96. The summed E-state index contributed by atoms with van der Waals surface area (Å²) in [6, 6.07) is -10.4. The summed E-state index contributed by atoms with van der Waals surface area (Å²) in [5.41, 5.74) is 10.8. The van der Waals surface area contributed by atoms with Crippen LogP contribution in [0.25, 0.3) is 0 Å². The first-order valence-electron chi connectivity index (χ1n) is 18.6. The molecule has 0 rings (SSSR count). The Hall–Kier alpha value is -5.38. The average molecular weight is 817 g/mol. The van der Waals surface area contributed by atoms with Gasteiger partial charge in [0.05, 0.1) is 19.1 Å². The van der Waals surface area contributed by atoms with E-state index in [4.69, 9.17) is 16.6 Å². The van der Waals surface area contributed by atoms with Crippen LogP contribution in [-0.2, 0) is 47.9 Å². The topological polar surface area (TPSA) is 376 Å². The molecule has 22 nitrogen and oxygen atoms in total. The summed E-state index contributed by atoms with van der Waals surface area (Å²) in [7, 11) is 0. The molecule has 14 N–H and O–H groups in total. The lowest BCUT2D eigenvalue weighted by Crippen LogP contribution is -2.61. The molecule has 0 aromatic rings. The number of nitrogens with one attached hydrogen (secondary N) is 6. The van der Waals surface area contributed by atoms with Crippen molar-refractivity contribution in [3.63, 3.8) is 0 Å². The summed E-state index contributed by atoms with van der Waals surface area (Å²) in [5.74, 6) is -12.0. The lowest BCUT2D eigenvalue weighted by molar-refractivity contribution is -0.143. The van der Waals surface area contributed by atoms with Crippen molar-refractivity contribution in [1.82, 2.24) is 31.9 Å². The van der Waals surface area contributed by atoms with Gasteiger partial charge < -0.3 is 63.8 Å². The van der Waals surface area contributed by atoms with Crippen LogP contribution in [0.4, 0.5) is 0 Å². The number of carbonyl (C=O) groups is 10. The van der Waals surface area contributed by atoms with E-state index in [0.29, 0.717) is 0 Å². The quantitative estimate of drug-likeness (QED) is 0.0375. The zero-order valence-electron chi connectivity index (χ0n) is 33.2. The van der Waals surface area contributed by atoms with Crippen LogP contribution in [0.1, 0.15) is 92.9 Å². The maximum absolute atomic E-state index is 13.7. The van der Waals surface area contributed by atoms with Crippen molar-refractivity contribution in [2.45, 2.75) is 135 Å². The molecule has 324 valence electrons. The number of aliphatic hydroxyl groups is 1. The zero-order chi connectivity index (χ0) is 44.2. The van der Waals surface area contributed by atoms with E-state index >= 15 is 0 Å². The van der Waals surface area contributed by atoms with Crippen LogP contribution in [-0.4, -0.2) is 129 Å². The fourth-order valence-electron chi connectivity index (χ4n) is 5.25. The van der Waals surface area contributed by atoms with Crippen molar-refractivity contribution in [3.8, 4) is 0 Å². The van der Waals surface area contributed by atoms with Crippen LogP contribution in [0.15, 0.2) is 0 Å². The molecular formula is C35H60N8O14. The zero-order valence-corrected chi connectivity index (χ0v) is 33.2. The molecule has 0 aliphatic heterocycles. The predicted molar refractivity (Wildman–Crippen MR) is 200 cm³/mol. The van der Waals surface area contributed by atoms with Gasteiger partial charge in [-0.3, -0.25) is 43.2 Å². The number of carboxylic acids is 3. The minimum absolute atomic E-state index is 0.00521. The van der Waals surface area contributed by atoms with Crippen LogP contribution in [0, 0.1) is 17.8 Å². The summed E-state index contributed by atoms with van der Waals surface area (Å²) >= 11 is 0. The van der Waals surface area contributed by atoms with Gasteiger partial charge in [0, 0.05) is 12.8 Å². The molecule has 57 heavy (non-hydrogen) atoms. The van der Waals surface area contributed by atoms with Gasteiger partial charge in [-0.05, 0) is 43.4 Å². The van der Waals surface area contributed by atoms with Gasteiger partial charge in [0.15, 0.2) is 0 Å². The molecule has 22 heteroatoms. The van der Waals surface area contributed by atoms with E-state index < -0.39 is 127 Å². The minimum atomic E-state index is -1.80. The van der Waals surface area contributed by atoms with Crippen molar-refractivity contribution >= 4 is 59.3 Å². The van der Waals surface area contributed by atoms with Crippen LogP contribution >= 0.6 is 0 Å². The van der Waals surface area contributed by atoms with Gasteiger partial charge in [-0.25, -0.2) is 4.79 Å². The first-order valence-corrected chi connectivity index (χ1v) is 18.6. The van der Waals surface area contributed by atoms with Crippen LogP contribution in [0.2, 0.25) is 0 Å². The third kappa shape index (κ3) is 20.4. The molecule has 0 unspecified atom stereocenters. The molecule has 7 amide bonds. The highest BCUT2D eigenvalue weighted by atomic mass is 16.4. The number of carboxylic acid groups (broad SMARTS) is 3. The highest BCUT2D eigenvalue weighted by Crippen LogP contribution is 2.13. The molecule has 0 aromatic carbocycles. The summed E-state index contributed by atoms with van der Waals surface area (Å²) < 4.78 is 0. The van der Waals surface area contributed by atoms with Crippen LogP contribution < -0.4 is 43.4 Å². The van der Waals surface area contributed by atoms with E-state index in [0.717, 1.165) is 0 Å². The standard InChI is InChI=1S/C35H60N8O14/c1-7-18(6)28(43-32(53)22(13-17(4)5)40-33(54)24(15-44)42-29(50)19(36)8-11-26(46)47)34(55)41-23(14-27(48)49)31(52)39-21(12-16(2)3)30(51)38-20(35(56)57)9-10-25(37)45/h16-24,28,44H,7-15,36H2,1-6H3,(H2,37,45)(H,38,51)(H,39,52)(H,40,54)(H,41,55)(H,42,50)(H,43,53)(H,46,47)(H,48,49)(H,56,57)/t18-,19-,20-,21-,22-,23-,24-,28-/m0/s1. The summed E-state index contributed by atoms with van der Waals surface area (Å²) in [6.45, 7) is 9.19. The van der Waals surface area contributed by atoms with Gasteiger partial charge in [-0.2, -0.15) is 0 Å². The average Bonchev–Trinajstić information content (AvgIpc) is 3.10. The van der Waals surface area contributed by atoms with E-state index in [1.54, 1.807) is 41.5 Å². The van der Waals surface area contributed by atoms with Crippen molar-refractivity contribution in [2.24, 2.45) is 29.2 Å². The molecule has 0 saturated heterocycles. The number of hydrogen-bond donors (Lipinski definition) is 12. The number of rotatable bonds is 28. The number of amides is 7. The Bertz CT molecular complexity index is 1440. The molecule has 0 heterocycles. The van der Waals surface area contributed by atoms with Crippen LogP contribution in [0.5, 0.6) is 0 Å². The first-order chi connectivity index (χ1) is 26.4. The SMILES string of the molecule is CC[C@H](C)[C@H](NC(=O)[C@H](CC(C)C)NC(=O)[C@H](CO)NC(=O)[C@@H](N)CCC(=O)O)C(=O)N[C@@H](CC(=O)O)C(=O)N[C@@H](CC(C)C)C(=O)N[C@@H](CCC(N)=O)C(=O)O. The minimum Gasteiger partial charge on any atom is -0.481 e. The van der Waals surface area contributed by atoms with Gasteiger partial charge in [0.2, 0.25) is 41.4 Å². The molecule has 0 aliphatic rings. The largest absolute Gasteiger partial charge is 0.481 e. The smallest absolute Gasteiger partial charge is 0.326 e. The van der Waals surface area contributed by atoms with Gasteiger partial charge in [-0.15, -0.1) is 0 Å². The Kier molecular flexibility index (Phi) is 23.3. The molecule has 8 atom stereocenters. The second kappa shape index (κ2) is 25.7. The van der Waals surface area contributed by atoms with Crippen molar-refractivity contribution < 1.29 is 68.4 Å². The number of aliphatic hydroxyl groups excluding tert-OH is 1. The molecule has 0 aliphatic carbocycles. The monoisotopic (exact) mass is 816 g/mol. The Balaban J connectivity index is 6.26. The van der Waals surface area contributed by atoms with Gasteiger partial charge in [0.25, 0.3) is 0 Å². The number of carbonyl (C=O) groups excluding carboxylic acids is 7. The fraction of sp³-hybridized carbons (Fsp3) is 0.714. The van der Waals surface area contributed by atoms with E-state index in [1.165, 1.54) is 0 Å². The van der Waals surface area contributed by atoms with E-state index in [9.17, 15) is 63.3 Å². The van der Waals surface area contributed by atoms with Crippen molar-refractivity contribution in [3.05, 3.63) is 0 Å². The highest BCUT2D eigenvalue weighted by Gasteiger charge is 2.36. The van der Waals surface area contributed by atoms with Gasteiger partial charge >= 0.3 is 17.9 Å². The number of nitrogens with two attached hydrogens (primary N) is 2. The number of primary amides is 1. The Morgan fingerprint density at radius 3 is 1.40 bits per heavy atom.